The maximum absolute atomic E-state index is 6.04. The van der Waals surface area contributed by atoms with Crippen LogP contribution in [0, 0.1) is 0 Å². The van der Waals surface area contributed by atoms with Gasteiger partial charge in [0.1, 0.15) is 6.61 Å². The van der Waals surface area contributed by atoms with E-state index in [-0.39, 0.29) is 6.61 Å². The number of ether oxygens (including phenoxy) is 1. The molecular weight excluding hydrogens is 341 g/mol. The molecule has 0 aliphatic rings. The molecule has 0 saturated carbocycles. The molecule has 0 unspecified atom stereocenters. The Morgan fingerprint density at radius 1 is 1.20 bits per heavy atom. The maximum Gasteiger partial charge on any atom is 0.205 e. The predicted octanol–water partition coefficient (Wildman–Crippen LogP) is 4.90. The van der Waals surface area contributed by atoms with Gasteiger partial charge in [-0.05, 0) is 18.6 Å². The molecule has 108 valence electrons. The van der Waals surface area contributed by atoms with Gasteiger partial charge in [-0.25, -0.2) is 0 Å². The van der Waals surface area contributed by atoms with Crippen molar-refractivity contribution in [1.29, 1.82) is 0 Å². The molecule has 1 heterocycles. The molecule has 1 N–H and O–H groups in total. The van der Waals surface area contributed by atoms with Gasteiger partial charge in [0.05, 0.1) is 10.0 Å². The van der Waals surface area contributed by atoms with Crippen LogP contribution in [0.1, 0.15) is 18.4 Å². The average Bonchev–Trinajstić information content (AvgIpc) is 2.83. The zero-order valence-corrected chi connectivity index (χ0v) is 13.7. The van der Waals surface area contributed by atoms with E-state index < -0.39 is 0 Å². The van der Waals surface area contributed by atoms with Crippen molar-refractivity contribution in [2.75, 3.05) is 11.9 Å². The zero-order chi connectivity index (χ0) is 14.5. The van der Waals surface area contributed by atoms with E-state index in [0.29, 0.717) is 20.8 Å². The lowest BCUT2D eigenvalue weighted by molar-refractivity contribution is 0.305. The van der Waals surface area contributed by atoms with Crippen molar-refractivity contribution in [2.24, 2.45) is 0 Å². The van der Waals surface area contributed by atoms with Gasteiger partial charge in [-0.15, -0.1) is 10.2 Å². The molecule has 8 heteroatoms. The number of anilines is 1. The van der Waals surface area contributed by atoms with Gasteiger partial charge in [-0.1, -0.05) is 53.1 Å². The molecule has 0 atom stereocenters. The molecule has 20 heavy (non-hydrogen) atoms. The van der Waals surface area contributed by atoms with E-state index in [0.717, 1.165) is 23.1 Å². The first-order chi connectivity index (χ1) is 9.60. The van der Waals surface area contributed by atoms with Crippen molar-refractivity contribution in [2.45, 2.75) is 20.0 Å². The smallest absolute Gasteiger partial charge is 0.205 e. The highest BCUT2D eigenvalue weighted by molar-refractivity contribution is 7.15. The summed E-state index contributed by atoms with van der Waals surface area (Å²) in [7, 11) is 0. The molecule has 4 nitrogen and oxygen atoms in total. The molecule has 0 aliphatic heterocycles. The third-order valence-electron chi connectivity index (χ3n) is 2.30. The summed E-state index contributed by atoms with van der Waals surface area (Å²) in [6, 6.07) is 3.16. The van der Waals surface area contributed by atoms with E-state index in [1.807, 2.05) is 0 Å². The first kappa shape index (κ1) is 15.6. The third kappa shape index (κ3) is 4.12. The van der Waals surface area contributed by atoms with Gasteiger partial charge >= 0.3 is 0 Å². The van der Waals surface area contributed by atoms with Crippen LogP contribution in [0.15, 0.2) is 12.1 Å². The maximum atomic E-state index is 6.04. The summed E-state index contributed by atoms with van der Waals surface area (Å²) in [6.45, 7) is 3.21. The van der Waals surface area contributed by atoms with Crippen LogP contribution in [-0.2, 0) is 6.61 Å². The lowest BCUT2D eigenvalue weighted by Crippen LogP contribution is -1.98. The van der Waals surface area contributed by atoms with E-state index >= 15 is 0 Å². The van der Waals surface area contributed by atoms with Crippen LogP contribution in [0.2, 0.25) is 15.1 Å². The van der Waals surface area contributed by atoms with Crippen molar-refractivity contribution in [3.63, 3.8) is 0 Å². The minimum absolute atomic E-state index is 0.256. The fraction of sp³-hybridized carbons (Fsp3) is 0.333. The van der Waals surface area contributed by atoms with Crippen LogP contribution in [0.25, 0.3) is 0 Å². The Morgan fingerprint density at radius 2 is 1.90 bits per heavy atom. The van der Waals surface area contributed by atoms with Crippen molar-refractivity contribution >= 4 is 51.3 Å². The second-order valence-electron chi connectivity index (χ2n) is 3.91. The first-order valence-corrected chi connectivity index (χ1v) is 7.88. The van der Waals surface area contributed by atoms with E-state index in [9.17, 15) is 0 Å². The van der Waals surface area contributed by atoms with Gasteiger partial charge in [-0.3, -0.25) is 0 Å². The lowest BCUT2D eigenvalue weighted by atomic mass is 10.3. The summed E-state index contributed by atoms with van der Waals surface area (Å²) >= 11 is 19.3. The first-order valence-electron chi connectivity index (χ1n) is 5.93. The Balaban J connectivity index is 2.00. The molecule has 0 amide bonds. The third-order valence-corrected chi connectivity index (χ3v) is 3.93. The lowest BCUT2D eigenvalue weighted by Gasteiger charge is -2.08. The number of hydrogen-bond acceptors (Lipinski definition) is 5. The Hall–Kier alpha value is -0.750. The SMILES string of the molecule is CCCNc1nnc(COc2c(Cl)cc(Cl)cc2Cl)s1. The van der Waals surface area contributed by atoms with Gasteiger partial charge in [0.25, 0.3) is 0 Å². The molecule has 2 rings (SSSR count). The van der Waals surface area contributed by atoms with Crippen LogP contribution in [-0.4, -0.2) is 16.7 Å². The van der Waals surface area contributed by atoms with E-state index in [1.165, 1.54) is 11.3 Å². The predicted molar refractivity (Wildman–Crippen MR) is 84.5 cm³/mol. The number of benzene rings is 1. The molecule has 1 aromatic heterocycles. The number of hydrogen-bond donors (Lipinski definition) is 1. The zero-order valence-electron chi connectivity index (χ0n) is 10.6. The van der Waals surface area contributed by atoms with Crippen LogP contribution >= 0.6 is 46.1 Å². The summed E-state index contributed by atoms with van der Waals surface area (Å²) in [4.78, 5) is 0. The minimum Gasteiger partial charge on any atom is -0.483 e. The van der Waals surface area contributed by atoms with Crippen molar-refractivity contribution in [3.8, 4) is 5.75 Å². The van der Waals surface area contributed by atoms with Crippen LogP contribution < -0.4 is 10.1 Å². The van der Waals surface area contributed by atoms with Crippen LogP contribution in [0.5, 0.6) is 5.75 Å². The van der Waals surface area contributed by atoms with Crippen LogP contribution in [0.4, 0.5) is 5.13 Å². The average molecular weight is 353 g/mol. The molecule has 0 fully saturated rings. The van der Waals surface area contributed by atoms with Crippen LogP contribution in [0.3, 0.4) is 0 Å². The molecule has 0 bridgehead atoms. The number of nitrogens with zero attached hydrogens (tertiary/aromatic N) is 2. The molecule has 0 aliphatic carbocycles. The highest BCUT2D eigenvalue weighted by atomic mass is 35.5. The molecular formula is C12H12Cl3N3OS. The van der Waals surface area contributed by atoms with E-state index in [4.69, 9.17) is 39.5 Å². The second kappa shape index (κ2) is 7.31. The topological polar surface area (TPSA) is 47.0 Å². The van der Waals surface area contributed by atoms with Gasteiger partial charge in [0.2, 0.25) is 5.13 Å². The normalized spacial score (nSPS) is 10.6. The molecule has 0 spiro atoms. The fourth-order valence-electron chi connectivity index (χ4n) is 1.42. The van der Waals surface area contributed by atoms with Gasteiger partial charge in [0, 0.05) is 11.6 Å². The number of halogens is 3. The summed E-state index contributed by atoms with van der Waals surface area (Å²) in [5.74, 6) is 0.399. The second-order valence-corrected chi connectivity index (χ2v) is 6.23. The Labute approximate surface area is 136 Å². The molecule has 2 aromatic rings. The summed E-state index contributed by atoms with van der Waals surface area (Å²) < 4.78 is 5.58. The quantitative estimate of drug-likeness (QED) is 0.803. The molecule has 0 saturated heterocycles. The summed E-state index contributed by atoms with van der Waals surface area (Å²) in [5, 5.41) is 13.9. The van der Waals surface area contributed by atoms with E-state index in [1.54, 1.807) is 12.1 Å². The fourth-order valence-corrected chi connectivity index (χ4v) is 3.02. The highest BCUT2D eigenvalue weighted by Crippen LogP contribution is 2.36. The number of rotatable bonds is 6. The largest absolute Gasteiger partial charge is 0.483 e. The van der Waals surface area contributed by atoms with Gasteiger partial charge < -0.3 is 10.1 Å². The van der Waals surface area contributed by atoms with Gasteiger partial charge in [-0.2, -0.15) is 0 Å². The number of nitrogens with one attached hydrogen (secondary N) is 1. The molecule has 0 radical (unpaired) electrons. The minimum atomic E-state index is 0.256. The van der Waals surface area contributed by atoms with Crippen molar-refractivity contribution in [1.82, 2.24) is 10.2 Å². The monoisotopic (exact) mass is 351 g/mol. The summed E-state index contributed by atoms with van der Waals surface area (Å²) in [5.41, 5.74) is 0. The standard InChI is InChI=1S/C12H12Cl3N3OS/c1-2-3-16-12-18-17-10(20-12)6-19-11-8(14)4-7(13)5-9(11)15/h4-5H,2-3,6H2,1H3,(H,16,18). The Kier molecular flexibility index (Phi) is 5.72. The Bertz CT molecular complexity index is 568. The van der Waals surface area contributed by atoms with E-state index in [2.05, 4.69) is 22.4 Å². The van der Waals surface area contributed by atoms with Crippen molar-refractivity contribution in [3.05, 3.63) is 32.2 Å². The molecule has 1 aromatic carbocycles. The highest BCUT2D eigenvalue weighted by Gasteiger charge is 2.11. The summed E-state index contributed by atoms with van der Waals surface area (Å²) in [6.07, 6.45) is 1.03. The van der Waals surface area contributed by atoms with Gasteiger partial charge in [0.15, 0.2) is 10.8 Å². The van der Waals surface area contributed by atoms with Crippen molar-refractivity contribution < 1.29 is 4.74 Å². The number of aromatic nitrogens is 2. The Morgan fingerprint density at radius 3 is 2.55 bits per heavy atom.